The minimum atomic E-state index is 0.0554. The van der Waals surface area contributed by atoms with E-state index in [-0.39, 0.29) is 13.4 Å². The monoisotopic (exact) mass is 180 g/mol. The first-order valence-corrected chi connectivity index (χ1v) is 4.37. The van der Waals surface area contributed by atoms with Gasteiger partial charge in [-0.25, -0.2) is 0 Å². The maximum absolute atomic E-state index is 9.08. The number of fused-ring (bicyclic) bond motifs is 1. The molecule has 70 valence electrons. The number of aliphatic hydroxyl groups is 1. The lowest BCUT2D eigenvalue weighted by Gasteiger charge is -2.06. The molecule has 0 aromatic heterocycles. The van der Waals surface area contributed by atoms with Crippen LogP contribution in [0.3, 0.4) is 0 Å². The SMILES string of the molecule is CCc1cc2c(cc1CO)OCO2. The molecule has 0 saturated carbocycles. The third kappa shape index (κ3) is 1.35. The summed E-state index contributed by atoms with van der Waals surface area (Å²) in [6.45, 7) is 2.39. The van der Waals surface area contributed by atoms with E-state index in [1.165, 1.54) is 0 Å². The van der Waals surface area contributed by atoms with Gasteiger partial charge in [0.1, 0.15) is 0 Å². The van der Waals surface area contributed by atoms with E-state index in [0.717, 1.165) is 29.0 Å². The van der Waals surface area contributed by atoms with Crippen molar-refractivity contribution in [3.8, 4) is 11.5 Å². The molecule has 3 nitrogen and oxygen atoms in total. The van der Waals surface area contributed by atoms with Gasteiger partial charge >= 0.3 is 0 Å². The van der Waals surface area contributed by atoms with E-state index in [2.05, 4.69) is 6.92 Å². The Morgan fingerprint density at radius 1 is 1.23 bits per heavy atom. The number of aryl methyl sites for hydroxylation is 1. The highest BCUT2D eigenvalue weighted by molar-refractivity contribution is 5.48. The molecule has 1 aromatic carbocycles. The number of aliphatic hydroxyl groups excluding tert-OH is 1. The van der Waals surface area contributed by atoms with E-state index in [4.69, 9.17) is 14.6 Å². The highest BCUT2D eigenvalue weighted by Crippen LogP contribution is 2.34. The second-order valence-corrected chi connectivity index (χ2v) is 2.99. The van der Waals surface area contributed by atoms with E-state index in [1.807, 2.05) is 12.1 Å². The molecular weight excluding hydrogens is 168 g/mol. The third-order valence-corrected chi connectivity index (χ3v) is 2.25. The second-order valence-electron chi connectivity index (χ2n) is 2.99. The fourth-order valence-corrected chi connectivity index (χ4v) is 1.50. The van der Waals surface area contributed by atoms with Crippen molar-refractivity contribution in [3.05, 3.63) is 23.3 Å². The fourth-order valence-electron chi connectivity index (χ4n) is 1.50. The zero-order valence-electron chi connectivity index (χ0n) is 7.54. The fraction of sp³-hybridized carbons (Fsp3) is 0.400. The summed E-state index contributed by atoms with van der Waals surface area (Å²) in [7, 11) is 0. The first-order valence-electron chi connectivity index (χ1n) is 4.37. The maximum Gasteiger partial charge on any atom is 0.231 e. The van der Waals surface area contributed by atoms with Crippen LogP contribution in [0.2, 0.25) is 0 Å². The van der Waals surface area contributed by atoms with Crippen LogP contribution in [-0.4, -0.2) is 11.9 Å². The van der Waals surface area contributed by atoms with Gasteiger partial charge in [-0.3, -0.25) is 0 Å². The van der Waals surface area contributed by atoms with Gasteiger partial charge in [-0.15, -0.1) is 0 Å². The third-order valence-electron chi connectivity index (χ3n) is 2.25. The Morgan fingerprint density at radius 2 is 1.85 bits per heavy atom. The summed E-state index contributed by atoms with van der Waals surface area (Å²) < 4.78 is 10.4. The predicted octanol–water partition coefficient (Wildman–Crippen LogP) is 1.47. The Balaban J connectivity index is 2.47. The summed E-state index contributed by atoms with van der Waals surface area (Å²) in [5, 5.41) is 9.08. The Kier molecular flexibility index (Phi) is 2.10. The minimum absolute atomic E-state index is 0.0554. The first-order chi connectivity index (χ1) is 6.35. The standard InChI is InChI=1S/C10H12O3/c1-2-7-3-9-10(13-6-12-9)4-8(7)5-11/h3-4,11H,2,5-6H2,1H3. The molecule has 0 radical (unpaired) electrons. The largest absolute Gasteiger partial charge is 0.454 e. The summed E-state index contributed by atoms with van der Waals surface area (Å²) in [6.07, 6.45) is 0.895. The first kappa shape index (κ1) is 8.38. The molecule has 0 atom stereocenters. The molecule has 0 aliphatic carbocycles. The van der Waals surface area contributed by atoms with Gasteiger partial charge < -0.3 is 14.6 Å². The van der Waals surface area contributed by atoms with Gasteiger partial charge in [0.25, 0.3) is 0 Å². The molecular formula is C10H12O3. The number of rotatable bonds is 2. The average molecular weight is 180 g/mol. The molecule has 0 saturated heterocycles. The van der Waals surface area contributed by atoms with Crippen LogP contribution < -0.4 is 9.47 Å². The van der Waals surface area contributed by atoms with Crippen LogP contribution >= 0.6 is 0 Å². The summed E-state index contributed by atoms with van der Waals surface area (Å²) in [6, 6.07) is 3.79. The van der Waals surface area contributed by atoms with Gasteiger partial charge in [0.15, 0.2) is 11.5 Å². The van der Waals surface area contributed by atoms with Crippen molar-refractivity contribution in [2.24, 2.45) is 0 Å². The Bertz CT molecular complexity index is 289. The van der Waals surface area contributed by atoms with Crippen molar-refractivity contribution in [3.63, 3.8) is 0 Å². The van der Waals surface area contributed by atoms with Gasteiger partial charge in [-0.05, 0) is 29.7 Å². The van der Waals surface area contributed by atoms with Gasteiger partial charge in [0.05, 0.1) is 6.61 Å². The second kappa shape index (κ2) is 3.26. The normalized spacial score (nSPS) is 13.4. The smallest absolute Gasteiger partial charge is 0.231 e. The maximum atomic E-state index is 9.08. The lowest BCUT2D eigenvalue weighted by atomic mass is 10.0. The summed E-state index contributed by atoms with van der Waals surface area (Å²) in [5.74, 6) is 1.52. The van der Waals surface area contributed by atoms with Crippen LogP contribution in [0.5, 0.6) is 11.5 Å². The molecule has 0 unspecified atom stereocenters. The Hall–Kier alpha value is -1.22. The molecule has 3 heteroatoms. The summed E-state index contributed by atoms with van der Waals surface area (Å²) in [5.41, 5.74) is 2.04. The molecule has 1 aliphatic heterocycles. The Labute approximate surface area is 76.9 Å². The van der Waals surface area contributed by atoms with E-state index in [9.17, 15) is 0 Å². The van der Waals surface area contributed by atoms with Crippen molar-refractivity contribution in [1.82, 2.24) is 0 Å². The van der Waals surface area contributed by atoms with Crippen molar-refractivity contribution in [1.29, 1.82) is 0 Å². The highest BCUT2D eigenvalue weighted by Gasteiger charge is 2.15. The minimum Gasteiger partial charge on any atom is -0.454 e. The predicted molar refractivity (Wildman–Crippen MR) is 47.9 cm³/mol. The number of hydrogen-bond donors (Lipinski definition) is 1. The van der Waals surface area contributed by atoms with E-state index in [0.29, 0.717) is 0 Å². The van der Waals surface area contributed by atoms with Crippen LogP contribution in [0.1, 0.15) is 18.1 Å². The average Bonchev–Trinajstić information content (AvgIpc) is 2.62. The molecule has 0 bridgehead atoms. The van der Waals surface area contributed by atoms with Crippen molar-refractivity contribution in [2.45, 2.75) is 20.0 Å². The molecule has 0 fully saturated rings. The molecule has 1 N–H and O–H groups in total. The molecule has 1 heterocycles. The van der Waals surface area contributed by atoms with Crippen molar-refractivity contribution in [2.75, 3.05) is 6.79 Å². The lowest BCUT2D eigenvalue weighted by Crippen LogP contribution is -1.92. The highest BCUT2D eigenvalue weighted by atomic mass is 16.7. The molecule has 13 heavy (non-hydrogen) atoms. The Morgan fingerprint density at radius 3 is 2.38 bits per heavy atom. The zero-order valence-corrected chi connectivity index (χ0v) is 7.54. The summed E-state index contributed by atoms with van der Waals surface area (Å²) in [4.78, 5) is 0. The van der Waals surface area contributed by atoms with E-state index >= 15 is 0 Å². The number of hydrogen-bond acceptors (Lipinski definition) is 3. The van der Waals surface area contributed by atoms with E-state index in [1.54, 1.807) is 0 Å². The van der Waals surface area contributed by atoms with Crippen LogP contribution in [0, 0.1) is 0 Å². The van der Waals surface area contributed by atoms with Gasteiger partial charge in [0, 0.05) is 0 Å². The molecule has 1 aromatic rings. The zero-order chi connectivity index (χ0) is 9.26. The van der Waals surface area contributed by atoms with Gasteiger partial charge in [-0.1, -0.05) is 6.92 Å². The quantitative estimate of drug-likeness (QED) is 0.749. The summed E-state index contributed by atoms with van der Waals surface area (Å²) >= 11 is 0. The van der Waals surface area contributed by atoms with Crippen LogP contribution in [-0.2, 0) is 13.0 Å². The van der Waals surface area contributed by atoms with Crippen molar-refractivity contribution < 1.29 is 14.6 Å². The molecule has 2 rings (SSSR count). The lowest BCUT2D eigenvalue weighted by molar-refractivity contribution is 0.174. The van der Waals surface area contributed by atoms with Gasteiger partial charge in [0.2, 0.25) is 6.79 Å². The van der Waals surface area contributed by atoms with Crippen LogP contribution in [0.4, 0.5) is 0 Å². The topological polar surface area (TPSA) is 38.7 Å². The van der Waals surface area contributed by atoms with Gasteiger partial charge in [-0.2, -0.15) is 0 Å². The number of benzene rings is 1. The van der Waals surface area contributed by atoms with E-state index < -0.39 is 0 Å². The van der Waals surface area contributed by atoms with Crippen LogP contribution in [0.25, 0.3) is 0 Å². The van der Waals surface area contributed by atoms with Crippen LogP contribution in [0.15, 0.2) is 12.1 Å². The molecule has 1 aliphatic rings. The molecule has 0 amide bonds. The van der Waals surface area contributed by atoms with Crippen molar-refractivity contribution >= 4 is 0 Å². The number of ether oxygens (including phenoxy) is 2. The molecule has 0 spiro atoms.